The summed E-state index contributed by atoms with van der Waals surface area (Å²) in [6.45, 7) is 0. The molecule has 0 saturated heterocycles. The number of phenols is 2. The Kier molecular flexibility index (Phi) is 5.50. The number of rotatable bonds is 4. The van der Waals surface area contributed by atoms with E-state index in [9.17, 15) is 15.0 Å². The number of methoxy groups -OCH3 is 2. The van der Waals surface area contributed by atoms with Crippen molar-refractivity contribution in [2.24, 2.45) is 0 Å². The van der Waals surface area contributed by atoms with Crippen LogP contribution < -0.4 is 9.47 Å². The molecule has 5 nitrogen and oxygen atoms in total. The molecule has 0 aliphatic heterocycles. The summed E-state index contributed by atoms with van der Waals surface area (Å²) < 4.78 is 10.2. The number of carbonyl (C=O) groups excluding carboxylic acids is 1. The first kappa shape index (κ1) is 18.6. The third kappa shape index (κ3) is 4.14. The molecule has 140 valence electrons. The topological polar surface area (TPSA) is 76.0 Å². The van der Waals surface area contributed by atoms with Gasteiger partial charge in [-0.3, -0.25) is 4.79 Å². The molecule has 1 aliphatic rings. The number of hydrogen-bond donors (Lipinski definition) is 2. The summed E-state index contributed by atoms with van der Waals surface area (Å²) in [5.41, 5.74) is 2.99. The second-order valence-electron chi connectivity index (χ2n) is 6.38. The van der Waals surface area contributed by atoms with Crippen LogP contribution in [0, 0.1) is 0 Å². The SMILES string of the molecule is COc1ccc(/C=C2\CCC/C(=C/c3ccc(O)c(OC)c3)C2=O)cc1O. The van der Waals surface area contributed by atoms with Crippen LogP contribution in [0.5, 0.6) is 23.0 Å². The van der Waals surface area contributed by atoms with Crippen molar-refractivity contribution in [3.63, 3.8) is 0 Å². The summed E-state index contributed by atoms with van der Waals surface area (Å²) in [6, 6.07) is 10.1. The van der Waals surface area contributed by atoms with Crippen LogP contribution in [0.25, 0.3) is 12.2 Å². The molecule has 3 rings (SSSR count). The first-order chi connectivity index (χ1) is 13.0. The highest BCUT2D eigenvalue weighted by molar-refractivity contribution is 6.14. The Morgan fingerprint density at radius 1 is 0.815 bits per heavy atom. The highest BCUT2D eigenvalue weighted by Crippen LogP contribution is 2.32. The third-order valence-electron chi connectivity index (χ3n) is 4.56. The van der Waals surface area contributed by atoms with E-state index in [1.54, 1.807) is 30.3 Å². The Morgan fingerprint density at radius 3 is 2.00 bits per heavy atom. The van der Waals surface area contributed by atoms with Crippen molar-refractivity contribution in [2.45, 2.75) is 19.3 Å². The largest absolute Gasteiger partial charge is 0.504 e. The van der Waals surface area contributed by atoms with Gasteiger partial charge >= 0.3 is 0 Å². The second-order valence-corrected chi connectivity index (χ2v) is 6.38. The summed E-state index contributed by atoms with van der Waals surface area (Å²) in [5, 5.41) is 19.6. The van der Waals surface area contributed by atoms with Crippen LogP contribution in [0.3, 0.4) is 0 Å². The van der Waals surface area contributed by atoms with Gasteiger partial charge in [0.1, 0.15) is 0 Å². The number of aromatic hydroxyl groups is 2. The standard InChI is InChI=1S/C22H22O5/c1-26-20-9-7-14(12-19(20)24)10-16-4-3-5-17(22(16)25)11-15-6-8-18(23)21(13-15)27-2/h6-13,23-24H,3-5H2,1-2H3/b16-10+,17-11-. The average molecular weight is 366 g/mol. The second kappa shape index (κ2) is 7.99. The van der Waals surface area contributed by atoms with Crippen LogP contribution >= 0.6 is 0 Å². The Balaban J connectivity index is 1.88. The number of carbonyl (C=O) groups is 1. The predicted molar refractivity (Wildman–Crippen MR) is 104 cm³/mol. The molecule has 2 aromatic rings. The molecule has 0 bridgehead atoms. The van der Waals surface area contributed by atoms with Gasteiger partial charge in [-0.2, -0.15) is 0 Å². The molecule has 0 radical (unpaired) electrons. The molecule has 0 amide bonds. The molecule has 0 aromatic heterocycles. The van der Waals surface area contributed by atoms with Crippen molar-refractivity contribution in [1.29, 1.82) is 0 Å². The van der Waals surface area contributed by atoms with E-state index in [-0.39, 0.29) is 17.3 Å². The molecule has 0 unspecified atom stereocenters. The maximum absolute atomic E-state index is 12.9. The van der Waals surface area contributed by atoms with Crippen molar-refractivity contribution in [3.05, 3.63) is 58.7 Å². The molecule has 5 heteroatoms. The lowest BCUT2D eigenvalue weighted by atomic mass is 9.87. The Bertz CT molecular complexity index is 924. The zero-order valence-electron chi connectivity index (χ0n) is 15.4. The summed E-state index contributed by atoms with van der Waals surface area (Å²) in [4.78, 5) is 12.9. The molecule has 2 aromatic carbocycles. The zero-order chi connectivity index (χ0) is 19.4. The minimum absolute atomic E-state index is 0.00333. The number of hydrogen-bond acceptors (Lipinski definition) is 5. The number of ether oxygens (including phenoxy) is 2. The van der Waals surface area contributed by atoms with Gasteiger partial charge in [-0.25, -0.2) is 0 Å². The first-order valence-corrected chi connectivity index (χ1v) is 8.71. The fourth-order valence-electron chi connectivity index (χ4n) is 3.16. The third-order valence-corrected chi connectivity index (χ3v) is 4.56. The molecule has 1 fully saturated rings. The van der Waals surface area contributed by atoms with E-state index in [0.717, 1.165) is 23.1 Å². The highest BCUT2D eigenvalue weighted by Gasteiger charge is 2.20. The van der Waals surface area contributed by atoms with E-state index < -0.39 is 0 Å². The van der Waals surface area contributed by atoms with Gasteiger partial charge in [0.2, 0.25) is 0 Å². The van der Waals surface area contributed by atoms with Gasteiger partial charge in [-0.15, -0.1) is 0 Å². The zero-order valence-corrected chi connectivity index (χ0v) is 15.4. The van der Waals surface area contributed by atoms with Crippen LogP contribution in [0.15, 0.2) is 47.5 Å². The minimum atomic E-state index is 0.00333. The summed E-state index contributed by atoms with van der Waals surface area (Å²) in [6.07, 6.45) is 5.92. The van der Waals surface area contributed by atoms with Crippen molar-refractivity contribution >= 4 is 17.9 Å². The molecule has 27 heavy (non-hydrogen) atoms. The summed E-state index contributed by atoms with van der Waals surface area (Å²) in [7, 11) is 2.98. The van der Waals surface area contributed by atoms with Gasteiger partial charge in [0.15, 0.2) is 28.8 Å². The number of phenolic OH excluding ortho intramolecular Hbond substituents is 2. The van der Waals surface area contributed by atoms with E-state index in [4.69, 9.17) is 9.47 Å². The van der Waals surface area contributed by atoms with Crippen molar-refractivity contribution in [1.82, 2.24) is 0 Å². The van der Waals surface area contributed by atoms with Crippen molar-refractivity contribution < 1.29 is 24.5 Å². The van der Waals surface area contributed by atoms with Gasteiger partial charge in [-0.05, 0) is 66.8 Å². The Morgan fingerprint density at radius 2 is 1.41 bits per heavy atom. The predicted octanol–water partition coefficient (Wildman–Crippen LogP) is 4.34. The van der Waals surface area contributed by atoms with Crippen LogP contribution in [0.2, 0.25) is 0 Å². The van der Waals surface area contributed by atoms with Gasteiger partial charge in [0.25, 0.3) is 0 Å². The minimum Gasteiger partial charge on any atom is -0.504 e. The number of benzene rings is 2. The van der Waals surface area contributed by atoms with E-state index in [2.05, 4.69) is 0 Å². The van der Waals surface area contributed by atoms with Gasteiger partial charge in [-0.1, -0.05) is 12.1 Å². The van der Waals surface area contributed by atoms with Crippen LogP contribution in [0.1, 0.15) is 30.4 Å². The summed E-state index contributed by atoms with van der Waals surface area (Å²) in [5.74, 6) is 0.881. The molecule has 0 atom stereocenters. The fourth-order valence-corrected chi connectivity index (χ4v) is 3.16. The Hall–Kier alpha value is -3.21. The maximum atomic E-state index is 12.9. The molecular weight excluding hydrogens is 344 g/mol. The monoisotopic (exact) mass is 366 g/mol. The fraction of sp³-hybridized carbons (Fsp3) is 0.227. The van der Waals surface area contributed by atoms with Crippen molar-refractivity contribution in [3.8, 4) is 23.0 Å². The highest BCUT2D eigenvalue weighted by atomic mass is 16.5. The van der Waals surface area contributed by atoms with E-state index in [1.807, 2.05) is 18.2 Å². The molecule has 0 heterocycles. The lowest BCUT2D eigenvalue weighted by Crippen LogP contribution is -2.12. The smallest absolute Gasteiger partial charge is 0.185 e. The lowest BCUT2D eigenvalue weighted by molar-refractivity contribution is -0.112. The van der Waals surface area contributed by atoms with Gasteiger partial charge in [0, 0.05) is 11.1 Å². The summed E-state index contributed by atoms with van der Waals surface area (Å²) >= 11 is 0. The van der Waals surface area contributed by atoms with Crippen molar-refractivity contribution in [2.75, 3.05) is 14.2 Å². The number of allylic oxidation sites excluding steroid dienone is 2. The Labute approximate surface area is 158 Å². The van der Waals surface area contributed by atoms with E-state index >= 15 is 0 Å². The molecule has 1 aliphatic carbocycles. The molecule has 1 saturated carbocycles. The van der Waals surface area contributed by atoms with Gasteiger partial charge < -0.3 is 19.7 Å². The van der Waals surface area contributed by atoms with E-state index in [1.165, 1.54) is 14.2 Å². The van der Waals surface area contributed by atoms with Gasteiger partial charge in [0.05, 0.1) is 14.2 Å². The first-order valence-electron chi connectivity index (χ1n) is 8.71. The van der Waals surface area contributed by atoms with Crippen LogP contribution in [-0.2, 0) is 4.79 Å². The number of Topliss-reactive ketones (excluding diaryl/α,β-unsaturated/α-hetero) is 1. The average Bonchev–Trinajstić information content (AvgIpc) is 2.66. The lowest BCUT2D eigenvalue weighted by Gasteiger charge is -2.17. The number of ketones is 1. The quantitative estimate of drug-likeness (QED) is 0.788. The normalized spacial score (nSPS) is 17.3. The molecule has 0 spiro atoms. The van der Waals surface area contributed by atoms with E-state index in [0.29, 0.717) is 29.9 Å². The van der Waals surface area contributed by atoms with Crippen LogP contribution in [0.4, 0.5) is 0 Å². The molecular formula is C22H22O5. The van der Waals surface area contributed by atoms with Crippen LogP contribution in [-0.4, -0.2) is 30.2 Å². The maximum Gasteiger partial charge on any atom is 0.185 e. The molecule has 2 N–H and O–H groups in total.